The van der Waals surface area contributed by atoms with Crippen LogP contribution in [0.5, 0.6) is 5.75 Å². The van der Waals surface area contributed by atoms with Gasteiger partial charge in [0.25, 0.3) is 0 Å². The predicted molar refractivity (Wildman–Crippen MR) is 98.7 cm³/mol. The van der Waals surface area contributed by atoms with Crippen LogP contribution in [-0.2, 0) is 24.3 Å². The fraction of sp³-hybridized carbons (Fsp3) is 0.611. The van der Waals surface area contributed by atoms with Gasteiger partial charge < -0.3 is 14.2 Å². The highest BCUT2D eigenvalue weighted by molar-refractivity contribution is 7.89. The molecule has 1 aromatic rings. The Bertz CT molecular complexity index is 642. The van der Waals surface area contributed by atoms with E-state index in [2.05, 4.69) is 0 Å². The van der Waals surface area contributed by atoms with Gasteiger partial charge in [-0.3, -0.25) is 4.79 Å². The lowest BCUT2D eigenvalue weighted by Gasteiger charge is -2.23. The highest BCUT2D eigenvalue weighted by atomic mass is 32.2. The Labute approximate surface area is 156 Å². The number of carbonyl (C=O) groups is 1. The number of ether oxygens (including phenoxy) is 3. The van der Waals surface area contributed by atoms with Crippen LogP contribution in [0.1, 0.15) is 27.7 Å². The highest BCUT2D eigenvalue weighted by Crippen LogP contribution is 2.20. The van der Waals surface area contributed by atoms with Gasteiger partial charge in [0.1, 0.15) is 18.9 Å². The number of benzene rings is 1. The highest BCUT2D eigenvalue weighted by Gasteiger charge is 2.27. The molecule has 0 aliphatic heterocycles. The minimum atomic E-state index is -3.80. The monoisotopic (exact) mass is 387 g/mol. The lowest BCUT2D eigenvalue weighted by atomic mass is 10.2. The summed E-state index contributed by atoms with van der Waals surface area (Å²) in [6, 6.07) is 6.14. The molecular formula is C18H29NO6S. The van der Waals surface area contributed by atoms with E-state index >= 15 is 0 Å². The fourth-order valence-electron chi connectivity index (χ4n) is 2.23. The van der Waals surface area contributed by atoms with Gasteiger partial charge in [0.2, 0.25) is 10.0 Å². The Hall–Kier alpha value is -1.64. The molecule has 0 aromatic heterocycles. The maximum atomic E-state index is 12.9. The van der Waals surface area contributed by atoms with Crippen molar-refractivity contribution in [1.82, 2.24) is 4.31 Å². The molecule has 7 nitrogen and oxygen atoms in total. The molecule has 0 saturated heterocycles. The second-order valence-corrected chi connectivity index (χ2v) is 7.95. The van der Waals surface area contributed by atoms with Crippen LogP contribution in [0.15, 0.2) is 29.2 Å². The smallest absolute Gasteiger partial charge is 0.321 e. The van der Waals surface area contributed by atoms with Crippen molar-refractivity contribution < 1.29 is 27.4 Å². The van der Waals surface area contributed by atoms with E-state index in [9.17, 15) is 13.2 Å². The summed E-state index contributed by atoms with van der Waals surface area (Å²) < 4.78 is 42.5. The molecule has 26 heavy (non-hydrogen) atoms. The largest absolute Gasteiger partial charge is 0.491 e. The van der Waals surface area contributed by atoms with E-state index in [-0.39, 0.29) is 30.5 Å². The molecule has 0 unspecified atom stereocenters. The molecule has 0 spiro atoms. The summed E-state index contributed by atoms with van der Waals surface area (Å²) in [4.78, 5) is 11.9. The van der Waals surface area contributed by atoms with Gasteiger partial charge in [-0.25, -0.2) is 8.42 Å². The molecule has 0 fully saturated rings. The predicted octanol–water partition coefficient (Wildman–Crippen LogP) is 2.31. The second kappa shape index (κ2) is 11.2. The van der Waals surface area contributed by atoms with Crippen LogP contribution in [0.3, 0.4) is 0 Å². The molecule has 0 heterocycles. The van der Waals surface area contributed by atoms with Gasteiger partial charge in [-0.2, -0.15) is 4.31 Å². The van der Waals surface area contributed by atoms with Gasteiger partial charge in [0.05, 0.1) is 18.1 Å². The molecule has 0 bridgehead atoms. The standard InChI is InChI=1S/C18H29NO6S/c1-5-23-11-12-25-16-7-9-17(10-8-16)26(21,22)19(13-15(3)4)14-18(20)24-6-2/h7-10,15H,5-6,11-14H2,1-4H3. The lowest BCUT2D eigenvalue weighted by Crippen LogP contribution is -2.38. The summed E-state index contributed by atoms with van der Waals surface area (Å²) >= 11 is 0. The van der Waals surface area contributed by atoms with Gasteiger partial charge in [0.15, 0.2) is 0 Å². The first-order valence-electron chi connectivity index (χ1n) is 8.77. The van der Waals surface area contributed by atoms with Gasteiger partial charge in [-0.15, -0.1) is 0 Å². The third kappa shape index (κ3) is 7.31. The SMILES string of the molecule is CCOCCOc1ccc(S(=O)(=O)N(CC(=O)OCC)CC(C)C)cc1. The molecule has 1 aromatic carbocycles. The Morgan fingerprint density at radius 3 is 2.27 bits per heavy atom. The van der Waals surface area contributed by atoms with Crippen LogP contribution in [-0.4, -0.2) is 58.2 Å². The minimum absolute atomic E-state index is 0.0698. The van der Waals surface area contributed by atoms with Crippen molar-refractivity contribution in [3.8, 4) is 5.75 Å². The fourth-order valence-corrected chi connectivity index (χ4v) is 3.77. The van der Waals surface area contributed by atoms with Gasteiger partial charge in [-0.1, -0.05) is 13.8 Å². The molecule has 8 heteroatoms. The third-order valence-corrected chi connectivity index (χ3v) is 5.17. The first kappa shape index (κ1) is 22.4. The molecule has 148 valence electrons. The molecule has 0 atom stereocenters. The van der Waals surface area contributed by atoms with Crippen LogP contribution in [0.25, 0.3) is 0 Å². The zero-order chi connectivity index (χ0) is 19.6. The molecule has 1 rings (SSSR count). The zero-order valence-electron chi connectivity index (χ0n) is 15.9. The number of hydrogen-bond acceptors (Lipinski definition) is 6. The zero-order valence-corrected chi connectivity index (χ0v) is 16.8. The number of carbonyl (C=O) groups excluding carboxylic acids is 1. The molecule has 0 N–H and O–H groups in total. The average Bonchev–Trinajstić information content (AvgIpc) is 2.58. The molecule has 0 aliphatic carbocycles. The van der Waals surface area contributed by atoms with Crippen LogP contribution in [0, 0.1) is 5.92 Å². The first-order valence-corrected chi connectivity index (χ1v) is 10.2. The van der Waals surface area contributed by atoms with Crippen molar-refractivity contribution in [2.45, 2.75) is 32.6 Å². The summed E-state index contributed by atoms with van der Waals surface area (Å²) in [5, 5.41) is 0. The maximum Gasteiger partial charge on any atom is 0.321 e. The quantitative estimate of drug-likeness (QED) is 0.404. The number of nitrogens with zero attached hydrogens (tertiary/aromatic N) is 1. The third-order valence-electron chi connectivity index (χ3n) is 3.34. The summed E-state index contributed by atoms with van der Waals surface area (Å²) in [5.41, 5.74) is 0. The van der Waals surface area contributed by atoms with Gasteiger partial charge in [0, 0.05) is 13.2 Å². The maximum absolute atomic E-state index is 12.9. The van der Waals surface area contributed by atoms with Crippen molar-refractivity contribution in [2.24, 2.45) is 5.92 Å². The summed E-state index contributed by atoms with van der Waals surface area (Å²) in [7, 11) is -3.80. The van der Waals surface area contributed by atoms with E-state index in [1.165, 1.54) is 12.1 Å². The van der Waals surface area contributed by atoms with E-state index in [0.717, 1.165) is 4.31 Å². The molecule has 0 aliphatic rings. The van der Waals surface area contributed by atoms with Crippen LogP contribution in [0.4, 0.5) is 0 Å². The summed E-state index contributed by atoms with van der Waals surface area (Å²) in [6.07, 6.45) is 0. The average molecular weight is 387 g/mol. The van der Waals surface area contributed by atoms with E-state index in [1.807, 2.05) is 20.8 Å². The van der Waals surface area contributed by atoms with E-state index in [0.29, 0.717) is 25.6 Å². The van der Waals surface area contributed by atoms with Crippen molar-refractivity contribution in [3.05, 3.63) is 24.3 Å². The molecule has 0 radical (unpaired) electrons. The van der Waals surface area contributed by atoms with Crippen molar-refractivity contribution >= 4 is 16.0 Å². The van der Waals surface area contributed by atoms with Crippen LogP contribution >= 0.6 is 0 Å². The minimum Gasteiger partial charge on any atom is -0.491 e. The number of esters is 1. The number of sulfonamides is 1. The van der Waals surface area contributed by atoms with E-state index in [4.69, 9.17) is 14.2 Å². The molecule has 0 amide bonds. The summed E-state index contributed by atoms with van der Waals surface area (Å²) in [6.45, 7) is 8.98. The normalized spacial score (nSPS) is 11.8. The Kier molecular flexibility index (Phi) is 9.61. The van der Waals surface area contributed by atoms with E-state index in [1.54, 1.807) is 19.1 Å². The second-order valence-electron chi connectivity index (χ2n) is 6.01. The Balaban J connectivity index is 2.87. The molecule has 0 saturated carbocycles. The summed E-state index contributed by atoms with van der Waals surface area (Å²) in [5.74, 6) is 0.0671. The lowest BCUT2D eigenvalue weighted by molar-refractivity contribution is -0.143. The Morgan fingerprint density at radius 1 is 1.08 bits per heavy atom. The van der Waals surface area contributed by atoms with Crippen LogP contribution < -0.4 is 4.74 Å². The van der Waals surface area contributed by atoms with Gasteiger partial charge in [-0.05, 0) is 44.0 Å². The van der Waals surface area contributed by atoms with Crippen molar-refractivity contribution in [2.75, 3.05) is 39.5 Å². The molecular weight excluding hydrogens is 358 g/mol. The van der Waals surface area contributed by atoms with Crippen molar-refractivity contribution in [3.63, 3.8) is 0 Å². The first-order chi connectivity index (χ1) is 12.3. The topological polar surface area (TPSA) is 82.1 Å². The van der Waals surface area contributed by atoms with E-state index < -0.39 is 16.0 Å². The van der Waals surface area contributed by atoms with Crippen molar-refractivity contribution in [1.29, 1.82) is 0 Å². The number of hydrogen-bond donors (Lipinski definition) is 0. The van der Waals surface area contributed by atoms with Crippen LogP contribution in [0.2, 0.25) is 0 Å². The van der Waals surface area contributed by atoms with Gasteiger partial charge >= 0.3 is 5.97 Å². The Morgan fingerprint density at radius 2 is 1.73 bits per heavy atom. The number of rotatable bonds is 12.